The Kier molecular flexibility index (Phi) is 7.49. The van der Waals surface area contributed by atoms with Crippen LogP contribution in [0.25, 0.3) is 22.3 Å². The Morgan fingerprint density at radius 3 is 2.68 bits per heavy atom. The van der Waals surface area contributed by atoms with E-state index >= 15 is 0 Å². The van der Waals surface area contributed by atoms with E-state index in [0.29, 0.717) is 5.56 Å². The van der Waals surface area contributed by atoms with E-state index in [1.807, 2.05) is 22.8 Å². The van der Waals surface area contributed by atoms with Crippen molar-refractivity contribution in [2.75, 3.05) is 7.11 Å². The third-order valence-electron chi connectivity index (χ3n) is 5.56. The number of amides is 1. The summed E-state index contributed by atoms with van der Waals surface area (Å²) in [6, 6.07) is 9.26. The summed E-state index contributed by atoms with van der Waals surface area (Å²) in [7, 11) is 1.35. The molecule has 31 heavy (non-hydrogen) atoms. The number of nitrogens with two attached hydrogens (primary N) is 1. The van der Waals surface area contributed by atoms with Gasteiger partial charge < -0.3 is 15.0 Å². The van der Waals surface area contributed by atoms with Gasteiger partial charge in [-0.3, -0.25) is 9.78 Å². The van der Waals surface area contributed by atoms with Gasteiger partial charge in [0, 0.05) is 16.1 Å². The van der Waals surface area contributed by atoms with E-state index in [9.17, 15) is 9.59 Å². The molecule has 0 radical (unpaired) electrons. The highest BCUT2D eigenvalue weighted by molar-refractivity contribution is 9.10. The van der Waals surface area contributed by atoms with Gasteiger partial charge in [0.1, 0.15) is 12.2 Å². The zero-order valence-corrected chi connectivity index (χ0v) is 19.7. The number of halogens is 1. The molecule has 1 unspecified atom stereocenters. The summed E-state index contributed by atoms with van der Waals surface area (Å²) in [5.41, 5.74) is 9.54. The van der Waals surface area contributed by atoms with Crippen LogP contribution in [0.5, 0.6) is 0 Å². The fourth-order valence-corrected chi connectivity index (χ4v) is 4.54. The molecular weight excluding hydrogens is 458 g/mol. The number of benzene rings is 1. The molecule has 0 aliphatic heterocycles. The van der Waals surface area contributed by atoms with E-state index in [4.69, 9.17) is 10.5 Å². The molecule has 0 saturated carbocycles. The molecule has 0 fully saturated rings. The lowest BCUT2D eigenvalue weighted by atomic mass is 9.91. The summed E-state index contributed by atoms with van der Waals surface area (Å²) in [5.74, 6) is -0.651. The number of unbranched alkanes of at least 4 members (excludes halogenated alkanes) is 2. The van der Waals surface area contributed by atoms with Gasteiger partial charge in [0.25, 0.3) is 0 Å². The number of methoxy groups -OCH3 is 1. The topological polar surface area (TPSA) is 87.2 Å². The molecule has 1 atom stereocenters. The van der Waals surface area contributed by atoms with Crippen LogP contribution in [0.3, 0.4) is 0 Å². The largest absolute Gasteiger partial charge is 0.465 e. The van der Waals surface area contributed by atoms with Gasteiger partial charge in [0.2, 0.25) is 5.91 Å². The Morgan fingerprint density at radius 1 is 1.26 bits per heavy atom. The third kappa shape index (κ3) is 4.82. The molecule has 2 aromatic heterocycles. The first-order valence-corrected chi connectivity index (χ1v) is 11.3. The van der Waals surface area contributed by atoms with Crippen molar-refractivity contribution >= 4 is 38.7 Å². The summed E-state index contributed by atoms with van der Waals surface area (Å²) in [6.45, 7) is 4.38. The summed E-state index contributed by atoms with van der Waals surface area (Å²) < 4.78 is 7.61. The fourth-order valence-electron chi connectivity index (χ4n) is 4.10. The average Bonchev–Trinajstić information content (AvgIpc) is 3.06. The summed E-state index contributed by atoms with van der Waals surface area (Å²) in [5, 5.41) is 0.991. The molecule has 0 aliphatic rings. The Morgan fingerprint density at radius 2 is 2.03 bits per heavy atom. The van der Waals surface area contributed by atoms with Crippen molar-refractivity contribution < 1.29 is 14.3 Å². The van der Waals surface area contributed by atoms with Crippen molar-refractivity contribution in [1.29, 1.82) is 0 Å². The number of carbonyl (C=O) groups excluding carboxylic acids is 2. The first kappa shape index (κ1) is 23.0. The molecule has 0 bridgehead atoms. The van der Waals surface area contributed by atoms with Crippen molar-refractivity contribution in [3.8, 4) is 11.4 Å². The molecular formula is C24H28BrN3O3. The van der Waals surface area contributed by atoms with Gasteiger partial charge in [-0.2, -0.15) is 0 Å². The lowest BCUT2D eigenvalue weighted by Crippen LogP contribution is -2.19. The van der Waals surface area contributed by atoms with Gasteiger partial charge in [0.15, 0.2) is 0 Å². The predicted octanol–water partition coefficient (Wildman–Crippen LogP) is 5.42. The maximum absolute atomic E-state index is 12.2. The molecule has 0 aliphatic carbocycles. The van der Waals surface area contributed by atoms with Crippen LogP contribution in [0.4, 0.5) is 0 Å². The van der Waals surface area contributed by atoms with Crippen LogP contribution in [0.1, 0.15) is 61.4 Å². The highest BCUT2D eigenvalue weighted by Crippen LogP contribution is 2.42. The smallest absolute Gasteiger partial charge is 0.337 e. The number of nitrogens with zero attached hydrogens (tertiary/aromatic N) is 2. The number of ether oxygens (including phenoxy) is 1. The van der Waals surface area contributed by atoms with E-state index in [1.54, 1.807) is 18.3 Å². The maximum atomic E-state index is 12.2. The molecule has 1 aromatic carbocycles. The summed E-state index contributed by atoms with van der Waals surface area (Å²) >= 11 is 3.62. The molecule has 3 aromatic rings. The molecule has 0 saturated heterocycles. The van der Waals surface area contributed by atoms with Crippen LogP contribution in [-0.2, 0) is 16.1 Å². The zero-order valence-electron chi connectivity index (χ0n) is 18.2. The highest BCUT2D eigenvalue weighted by atomic mass is 79.9. The quantitative estimate of drug-likeness (QED) is 0.323. The maximum Gasteiger partial charge on any atom is 0.337 e. The van der Waals surface area contributed by atoms with Crippen LogP contribution in [0.15, 0.2) is 41.0 Å². The summed E-state index contributed by atoms with van der Waals surface area (Å²) in [6.07, 6.45) is 6.18. The zero-order chi connectivity index (χ0) is 22.5. The summed E-state index contributed by atoms with van der Waals surface area (Å²) in [4.78, 5) is 28.8. The number of esters is 1. The van der Waals surface area contributed by atoms with E-state index in [1.165, 1.54) is 13.5 Å². The number of aromatic nitrogens is 2. The van der Waals surface area contributed by atoms with E-state index < -0.39 is 11.9 Å². The fraction of sp³-hybridized carbons (Fsp3) is 0.375. The molecule has 1 amide bonds. The monoisotopic (exact) mass is 485 g/mol. The lowest BCUT2D eigenvalue weighted by Gasteiger charge is -2.16. The Balaban J connectivity index is 2.34. The number of carbonyl (C=O) groups is 2. The van der Waals surface area contributed by atoms with Gasteiger partial charge in [-0.15, -0.1) is 0 Å². The molecule has 0 spiro atoms. The van der Waals surface area contributed by atoms with Crippen LogP contribution in [-0.4, -0.2) is 28.5 Å². The van der Waals surface area contributed by atoms with Gasteiger partial charge in [-0.1, -0.05) is 39.2 Å². The number of pyridine rings is 1. The molecule has 2 heterocycles. The van der Waals surface area contributed by atoms with E-state index in [2.05, 4.69) is 34.8 Å². The van der Waals surface area contributed by atoms with Gasteiger partial charge in [0.05, 0.1) is 23.9 Å². The van der Waals surface area contributed by atoms with Crippen molar-refractivity contribution in [3.63, 3.8) is 0 Å². The van der Waals surface area contributed by atoms with Crippen LogP contribution in [0, 0.1) is 0 Å². The first-order valence-electron chi connectivity index (χ1n) is 10.5. The van der Waals surface area contributed by atoms with Gasteiger partial charge in [-0.05, 0) is 58.1 Å². The SMILES string of the molecule is CCCCCC(C)c1c(-c2ncccc2Br)n(CC(N)=O)c2cc(C(=O)OC)ccc12. The number of hydrogen-bond donors (Lipinski definition) is 1. The normalized spacial score (nSPS) is 12.1. The average molecular weight is 486 g/mol. The lowest BCUT2D eigenvalue weighted by molar-refractivity contribution is -0.118. The second kappa shape index (κ2) is 10.1. The van der Waals surface area contributed by atoms with Gasteiger partial charge >= 0.3 is 5.97 Å². The Labute approximate surface area is 190 Å². The highest BCUT2D eigenvalue weighted by Gasteiger charge is 2.26. The van der Waals surface area contributed by atoms with Crippen molar-refractivity contribution in [2.24, 2.45) is 5.73 Å². The molecule has 6 nitrogen and oxygen atoms in total. The Bertz CT molecular complexity index is 1110. The van der Waals surface area contributed by atoms with Crippen LogP contribution in [0.2, 0.25) is 0 Å². The van der Waals surface area contributed by atoms with E-state index in [0.717, 1.165) is 51.6 Å². The second-order valence-electron chi connectivity index (χ2n) is 7.77. The molecule has 164 valence electrons. The van der Waals surface area contributed by atoms with Crippen molar-refractivity contribution in [2.45, 2.75) is 52.0 Å². The second-order valence-corrected chi connectivity index (χ2v) is 8.62. The van der Waals surface area contributed by atoms with E-state index in [-0.39, 0.29) is 12.5 Å². The van der Waals surface area contributed by atoms with Crippen LogP contribution < -0.4 is 5.73 Å². The third-order valence-corrected chi connectivity index (χ3v) is 6.19. The molecule has 3 rings (SSSR count). The van der Waals surface area contributed by atoms with Crippen molar-refractivity contribution in [1.82, 2.24) is 9.55 Å². The molecule has 2 N–H and O–H groups in total. The van der Waals surface area contributed by atoms with Gasteiger partial charge in [-0.25, -0.2) is 4.79 Å². The van der Waals surface area contributed by atoms with Crippen LogP contribution >= 0.6 is 15.9 Å². The number of fused-ring (bicyclic) bond motifs is 1. The standard InChI is InChI=1S/C24H28BrN3O3/c1-4-5-6-8-15(2)21-17-11-10-16(24(30)31-3)13-19(17)28(14-20(26)29)23(21)22-18(25)9-7-12-27-22/h7,9-13,15H,4-6,8,14H2,1-3H3,(H2,26,29). The Hall–Kier alpha value is -2.67. The number of hydrogen-bond acceptors (Lipinski definition) is 4. The minimum absolute atomic E-state index is 0.0127. The number of rotatable bonds is 9. The minimum Gasteiger partial charge on any atom is -0.465 e. The molecule has 7 heteroatoms. The van der Waals surface area contributed by atoms with Crippen molar-refractivity contribution in [3.05, 3.63) is 52.1 Å². The first-order chi connectivity index (χ1) is 14.9. The number of primary amides is 1. The predicted molar refractivity (Wildman–Crippen MR) is 126 cm³/mol. The minimum atomic E-state index is -0.459.